The quantitative estimate of drug-likeness (QED) is 0.556. The van der Waals surface area contributed by atoms with Crippen LogP contribution in [0.4, 0.5) is 24.5 Å². The second-order valence-corrected chi connectivity index (χ2v) is 8.27. The van der Waals surface area contributed by atoms with Gasteiger partial charge in [-0.3, -0.25) is 10.6 Å². The molecule has 5 nitrogen and oxygen atoms in total. The monoisotopic (exact) mass is 429 g/mol. The maximum Gasteiger partial charge on any atom is 0.416 e. The van der Waals surface area contributed by atoms with Gasteiger partial charge in [-0.1, -0.05) is 32.9 Å². The predicted octanol–water partition coefficient (Wildman–Crippen LogP) is 5.96. The molecule has 1 aliphatic heterocycles. The van der Waals surface area contributed by atoms with Gasteiger partial charge in [0.1, 0.15) is 17.2 Å². The molecule has 2 aromatic carbocycles. The van der Waals surface area contributed by atoms with E-state index in [1.54, 1.807) is 17.0 Å². The lowest BCUT2D eigenvalue weighted by atomic mass is 9.87. The van der Waals surface area contributed by atoms with Crippen LogP contribution in [0.1, 0.15) is 31.9 Å². The van der Waals surface area contributed by atoms with Crippen molar-refractivity contribution in [2.75, 3.05) is 4.90 Å². The van der Waals surface area contributed by atoms with E-state index in [0.717, 1.165) is 23.4 Å². The fourth-order valence-electron chi connectivity index (χ4n) is 3.35. The van der Waals surface area contributed by atoms with Crippen LogP contribution in [0.3, 0.4) is 0 Å². The number of rotatable bonds is 3. The van der Waals surface area contributed by atoms with Crippen molar-refractivity contribution in [2.45, 2.75) is 38.7 Å². The molecule has 0 saturated carbocycles. The number of fused-ring (bicyclic) bond motifs is 1. The highest BCUT2D eigenvalue weighted by Gasteiger charge is 2.34. The van der Waals surface area contributed by atoms with Gasteiger partial charge in [0.25, 0.3) is 0 Å². The summed E-state index contributed by atoms with van der Waals surface area (Å²) in [7, 11) is 0. The normalized spacial score (nSPS) is 16.1. The van der Waals surface area contributed by atoms with Crippen LogP contribution in [0, 0.1) is 0 Å². The number of aromatic nitrogens is 1. The molecule has 0 radical (unpaired) electrons. The summed E-state index contributed by atoms with van der Waals surface area (Å²) >= 11 is 0. The number of pyridine rings is 1. The van der Waals surface area contributed by atoms with Gasteiger partial charge in [-0.05, 0) is 53.4 Å². The van der Waals surface area contributed by atoms with Crippen LogP contribution >= 0.6 is 0 Å². The number of anilines is 2. The summed E-state index contributed by atoms with van der Waals surface area (Å²) in [6.07, 6.45) is -3.81. The van der Waals surface area contributed by atoms with Crippen LogP contribution in [0.25, 0.3) is 0 Å². The Hall–Kier alpha value is -3.26. The largest absolute Gasteiger partial charge is 0.455 e. The lowest BCUT2D eigenvalue weighted by Crippen LogP contribution is -2.39. The molecule has 0 amide bonds. The van der Waals surface area contributed by atoms with Crippen molar-refractivity contribution in [3.05, 3.63) is 71.9 Å². The highest BCUT2D eigenvalue weighted by molar-refractivity contribution is 5.76. The van der Waals surface area contributed by atoms with E-state index >= 15 is 0 Å². The van der Waals surface area contributed by atoms with E-state index in [4.69, 9.17) is 15.2 Å². The molecule has 162 valence electrons. The molecule has 0 spiro atoms. The van der Waals surface area contributed by atoms with Crippen molar-refractivity contribution >= 4 is 11.4 Å². The van der Waals surface area contributed by atoms with Gasteiger partial charge in [-0.25, -0.2) is 4.98 Å². The molecule has 2 heterocycles. The number of hydrogen-bond donors (Lipinski definition) is 1. The maximum absolute atomic E-state index is 13.1. The summed E-state index contributed by atoms with van der Waals surface area (Å²) in [5.74, 6) is 0.747. The fraction of sp³-hybridized carbons (Fsp3) is 0.261. The number of ether oxygens (including phenoxy) is 2. The number of halogens is 3. The SMILES string of the molecule is CC(C)(C)c1ccc2c(c1)N(c1cccnc1Oc1cccc(C(F)(F)F)c1)C(N)O2. The van der Waals surface area contributed by atoms with Crippen molar-refractivity contribution < 1.29 is 22.6 Å². The Morgan fingerprint density at radius 3 is 2.45 bits per heavy atom. The Labute approximate surface area is 178 Å². The first kappa shape index (κ1) is 21.0. The van der Waals surface area contributed by atoms with E-state index in [-0.39, 0.29) is 17.0 Å². The highest BCUT2D eigenvalue weighted by Crippen LogP contribution is 2.46. The van der Waals surface area contributed by atoms with E-state index in [1.807, 2.05) is 18.2 Å². The number of nitrogens with two attached hydrogens (primary N) is 1. The Bertz CT molecular complexity index is 1110. The molecule has 2 N–H and O–H groups in total. The van der Waals surface area contributed by atoms with Gasteiger partial charge >= 0.3 is 6.18 Å². The van der Waals surface area contributed by atoms with Crippen LogP contribution in [0.5, 0.6) is 17.4 Å². The zero-order chi connectivity index (χ0) is 22.4. The van der Waals surface area contributed by atoms with Crippen LogP contribution < -0.4 is 20.1 Å². The number of alkyl halides is 3. The third-order valence-corrected chi connectivity index (χ3v) is 4.97. The zero-order valence-corrected chi connectivity index (χ0v) is 17.3. The molecule has 1 atom stereocenters. The third-order valence-electron chi connectivity index (χ3n) is 4.97. The summed E-state index contributed by atoms with van der Waals surface area (Å²) in [5.41, 5.74) is 7.64. The minimum absolute atomic E-state index is 0.0205. The summed E-state index contributed by atoms with van der Waals surface area (Å²) < 4.78 is 50.7. The summed E-state index contributed by atoms with van der Waals surface area (Å²) in [5, 5.41) is 0. The first-order valence-electron chi connectivity index (χ1n) is 9.70. The zero-order valence-electron chi connectivity index (χ0n) is 17.3. The van der Waals surface area contributed by atoms with Gasteiger partial charge in [-0.2, -0.15) is 13.2 Å². The Balaban J connectivity index is 1.74. The maximum atomic E-state index is 13.1. The minimum atomic E-state index is -4.47. The summed E-state index contributed by atoms with van der Waals surface area (Å²) in [6.45, 7) is 6.29. The number of nitrogens with zero attached hydrogens (tertiary/aromatic N) is 2. The standard InChI is InChI=1S/C23H22F3N3O2/c1-22(2,3)14-9-10-19-18(13-14)29(21(27)31-19)17-8-5-11-28-20(17)30-16-7-4-6-15(12-16)23(24,25)26/h4-13,21H,27H2,1-3H3. The molecule has 0 fully saturated rings. The molecule has 1 aromatic heterocycles. The highest BCUT2D eigenvalue weighted by atomic mass is 19.4. The van der Waals surface area contributed by atoms with Crippen molar-refractivity contribution in [3.63, 3.8) is 0 Å². The molecule has 8 heteroatoms. The fourth-order valence-corrected chi connectivity index (χ4v) is 3.35. The molecule has 0 saturated heterocycles. The molecule has 31 heavy (non-hydrogen) atoms. The van der Waals surface area contributed by atoms with Crippen molar-refractivity contribution in [2.24, 2.45) is 5.73 Å². The second kappa shape index (κ2) is 7.46. The van der Waals surface area contributed by atoms with Gasteiger partial charge in [0, 0.05) is 6.20 Å². The van der Waals surface area contributed by atoms with Gasteiger partial charge in [0.2, 0.25) is 12.2 Å². The molecular weight excluding hydrogens is 407 g/mol. The van der Waals surface area contributed by atoms with E-state index in [2.05, 4.69) is 25.8 Å². The number of benzene rings is 2. The van der Waals surface area contributed by atoms with E-state index in [1.165, 1.54) is 18.3 Å². The summed E-state index contributed by atoms with van der Waals surface area (Å²) in [6, 6.07) is 13.9. The van der Waals surface area contributed by atoms with Crippen LogP contribution in [-0.2, 0) is 11.6 Å². The topological polar surface area (TPSA) is 60.6 Å². The Morgan fingerprint density at radius 2 is 1.74 bits per heavy atom. The summed E-state index contributed by atoms with van der Waals surface area (Å²) in [4.78, 5) is 5.96. The van der Waals surface area contributed by atoms with Crippen molar-refractivity contribution in [1.82, 2.24) is 4.98 Å². The van der Waals surface area contributed by atoms with Crippen LogP contribution in [-0.4, -0.2) is 11.3 Å². The first-order chi connectivity index (χ1) is 14.5. The average Bonchev–Trinajstić information content (AvgIpc) is 3.02. The Kier molecular flexibility index (Phi) is 5.05. The lowest BCUT2D eigenvalue weighted by molar-refractivity contribution is -0.137. The van der Waals surface area contributed by atoms with Crippen molar-refractivity contribution in [1.29, 1.82) is 0 Å². The Morgan fingerprint density at radius 1 is 0.968 bits per heavy atom. The lowest BCUT2D eigenvalue weighted by Gasteiger charge is -2.25. The molecule has 1 unspecified atom stereocenters. The smallest absolute Gasteiger partial charge is 0.416 e. The van der Waals surface area contributed by atoms with Gasteiger partial charge in [-0.15, -0.1) is 0 Å². The average molecular weight is 429 g/mol. The third kappa shape index (κ3) is 4.16. The predicted molar refractivity (Wildman–Crippen MR) is 112 cm³/mol. The molecule has 4 rings (SSSR count). The molecule has 0 bridgehead atoms. The first-order valence-corrected chi connectivity index (χ1v) is 9.70. The minimum Gasteiger partial charge on any atom is -0.455 e. The van der Waals surface area contributed by atoms with Crippen LogP contribution in [0.2, 0.25) is 0 Å². The van der Waals surface area contributed by atoms with Crippen LogP contribution in [0.15, 0.2) is 60.8 Å². The van der Waals surface area contributed by atoms with Gasteiger partial charge in [0.05, 0.1) is 11.3 Å². The van der Waals surface area contributed by atoms with E-state index in [0.29, 0.717) is 11.4 Å². The van der Waals surface area contributed by atoms with Crippen molar-refractivity contribution in [3.8, 4) is 17.4 Å². The van der Waals surface area contributed by atoms with Gasteiger partial charge in [0.15, 0.2) is 0 Å². The number of hydrogen-bond acceptors (Lipinski definition) is 5. The van der Waals surface area contributed by atoms with E-state index < -0.39 is 18.1 Å². The van der Waals surface area contributed by atoms with E-state index in [9.17, 15) is 13.2 Å². The van der Waals surface area contributed by atoms with Gasteiger partial charge < -0.3 is 9.47 Å². The second-order valence-electron chi connectivity index (χ2n) is 8.27. The molecule has 3 aromatic rings. The molecule has 1 aliphatic rings. The molecule has 0 aliphatic carbocycles. The molecular formula is C23H22F3N3O2.